The van der Waals surface area contributed by atoms with E-state index in [0.717, 1.165) is 28.2 Å². The van der Waals surface area contributed by atoms with Gasteiger partial charge in [-0.05, 0) is 43.2 Å². The molecule has 2 aliphatic rings. The number of carboxylic acid groups (broad SMARTS) is 1. The summed E-state index contributed by atoms with van der Waals surface area (Å²) in [6.07, 6.45) is 0.389. The molecular formula is C26H28ClFN4O6. The molecule has 202 valence electrons. The first-order valence-electron chi connectivity index (χ1n) is 12.1. The van der Waals surface area contributed by atoms with Crippen LogP contribution in [0.3, 0.4) is 0 Å². The number of methoxy groups -OCH3 is 1. The molecule has 2 aromatic rings. The lowest BCUT2D eigenvalue weighted by Crippen LogP contribution is -2.58. The largest absolute Gasteiger partial charge is 0.481 e. The smallest absolute Gasteiger partial charge is 0.340 e. The van der Waals surface area contributed by atoms with E-state index in [-0.39, 0.29) is 24.6 Å². The van der Waals surface area contributed by atoms with Crippen molar-refractivity contribution in [2.24, 2.45) is 0 Å². The highest BCUT2D eigenvalue weighted by Crippen LogP contribution is 2.38. The second-order valence-corrected chi connectivity index (χ2v) is 9.63. The Morgan fingerprint density at radius 1 is 1.21 bits per heavy atom. The fourth-order valence-electron chi connectivity index (χ4n) is 4.93. The molecule has 38 heavy (non-hydrogen) atoms. The number of likely N-dealkylation sites (tertiary alicyclic amines) is 1. The van der Waals surface area contributed by atoms with Gasteiger partial charge < -0.3 is 25.0 Å². The molecule has 4 rings (SSSR count). The lowest BCUT2D eigenvalue weighted by molar-refractivity contribution is -0.143. The number of hydrogen-bond acceptors (Lipinski definition) is 5. The topological polar surface area (TPSA) is 119 Å². The summed E-state index contributed by atoms with van der Waals surface area (Å²) < 4.78 is 21.3. The maximum absolute atomic E-state index is 15.1. The molecule has 2 unspecified atom stereocenters. The second kappa shape index (κ2) is 11.4. The predicted molar refractivity (Wildman–Crippen MR) is 139 cm³/mol. The van der Waals surface area contributed by atoms with E-state index in [1.54, 1.807) is 30.3 Å². The maximum atomic E-state index is 15.1. The van der Waals surface area contributed by atoms with Gasteiger partial charge in [0.1, 0.15) is 11.4 Å². The van der Waals surface area contributed by atoms with Crippen LogP contribution < -0.4 is 14.6 Å². The Kier molecular flexibility index (Phi) is 8.17. The number of benzene rings is 2. The van der Waals surface area contributed by atoms with Crippen LogP contribution in [0.2, 0.25) is 0 Å². The van der Waals surface area contributed by atoms with Gasteiger partial charge in [0.15, 0.2) is 0 Å². The van der Waals surface area contributed by atoms with Crippen molar-refractivity contribution < 1.29 is 33.4 Å². The number of carbonyl (C=O) groups is 4. The summed E-state index contributed by atoms with van der Waals surface area (Å²) in [5, 5.41) is 12.2. The summed E-state index contributed by atoms with van der Waals surface area (Å²) in [7, 11) is 1.39. The Balaban J connectivity index is 1.64. The van der Waals surface area contributed by atoms with E-state index in [0.29, 0.717) is 24.3 Å². The molecule has 0 spiro atoms. The van der Waals surface area contributed by atoms with Gasteiger partial charge in [0, 0.05) is 50.5 Å². The van der Waals surface area contributed by atoms with E-state index in [9.17, 15) is 24.3 Å². The summed E-state index contributed by atoms with van der Waals surface area (Å²) in [5.74, 6) is -3.15. The number of piperidine rings is 1. The highest BCUT2D eigenvalue weighted by atomic mass is 35.5. The summed E-state index contributed by atoms with van der Waals surface area (Å²) in [4.78, 5) is 53.8. The fourth-order valence-corrected chi connectivity index (χ4v) is 5.13. The number of anilines is 3. The van der Waals surface area contributed by atoms with Gasteiger partial charge in [-0.2, -0.15) is 0 Å². The van der Waals surface area contributed by atoms with Crippen LogP contribution in [0.4, 0.5) is 26.2 Å². The number of amides is 4. The average molecular weight is 547 g/mol. The molecule has 10 nitrogen and oxygen atoms in total. The molecule has 2 fully saturated rings. The minimum absolute atomic E-state index is 0.107. The van der Waals surface area contributed by atoms with Crippen LogP contribution in [-0.2, 0) is 19.1 Å². The Labute approximate surface area is 224 Å². The molecule has 0 aromatic heterocycles. The number of urea groups is 1. The summed E-state index contributed by atoms with van der Waals surface area (Å²) >= 11 is 6.31. The Bertz CT molecular complexity index is 1230. The minimum Gasteiger partial charge on any atom is -0.481 e. The average Bonchev–Trinajstić information content (AvgIpc) is 3.28. The minimum atomic E-state index is -1.92. The number of aliphatic carboxylic acids is 1. The molecule has 0 bridgehead atoms. The molecule has 2 N–H and O–H groups in total. The predicted octanol–water partition coefficient (Wildman–Crippen LogP) is 4.00. The van der Waals surface area contributed by atoms with Crippen LogP contribution in [0.25, 0.3) is 0 Å². The van der Waals surface area contributed by atoms with E-state index in [2.05, 4.69) is 5.32 Å². The molecule has 0 radical (unpaired) electrons. The van der Waals surface area contributed by atoms with Crippen LogP contribution in [0.1, 0.15) is 32.1 Å². The van der Waals surface area contributed by atoms with Crippen molar-refractivity contribution in [2.45, 2.75) is 43.7 Å². The van der Waals surface area contributed by atoms with Gasteiger partial charge in [-0.1, -0.05) is 18.2 Å². The normalized spacial score (nSPS) is 21.3. The summed E-state index contributed by atoms with van der Waals surface area (Å²) in [6.45, 7) is 0.363. The van der Waals surface area contributed by atoms with E-state index >= 15 is 4.39 Å². The van der Waals surface area contributed by atoms with Crippen LogP contribution in [-0.4, -0.2) is 65.7 Å². The van der Waals surface area contributed by atoms with Crippen molar-refractivity contribution in [1.82, 2.24) is 4.90 Å². The molecule has 0 saturated carbocycles. The lowest BCUT2D eigenvalue weighted by atomic mass is 9.90. The van der Waals surface area contributed by atoms with E-state index in [4.69, 9.17) is 16.5 Å². The van der Waals surface area contributed by atoms with Gasteiger partial charge in [-0.15, -0.1) is 0 Å². The molecule has 12 heteroatoms. The van der Waals surface area contributed by atoms with Crippen LogP contribution in [0, 0.1) is 5.82 Å². The SMILES string of the molecule is COC1CN(C(=O)N(Cl)c2ccccc2)C(CC(=O)O)(C(=O)Nc2ccc(N3CCCCC3=O)cc2F)C1. The second-order valence-electron chi connectivity index (χ2n) is 9.29. The number of rotatable bonds is 7. The van der Waals surface area contributed by atoms with Gasteiger partial charge in [0.25, 0.3) is 5.91 Å². The number of para-hydroxylation sites is 1. The first kappa shape index (κ1) is 27.3. The lowest BCUT2D eigenvalue weighted by Gasteiger charge is -2.37. The molecule has 2 heterocycles. The highest BCUT2D eigenvalue weighted by molar-refractivity contribution is 6.36. The number of halogens is 2. The number of carbonyl (C=O) groups excluding carboxylic acids is 3. The van der Waals surface area contributed by atoms with Crippen LogP contribution in [0.5, 0.6) is 0 Å². The van der Waals surface area contributed by atoms with Crippen LogP contribution >= 0.6 is 11.8 Å². The third kappa shape index (κ3) is 5.44. The zero-order valence-electron chi connectivity index (χ0n) is 20.7. The third-order valence-electron chi connectivity index (χ3n) is 6.89. The Morgan fingerprint density at radius 2 is 1.95 bits per heavy atom. The standard InChI is InChI=1S/C26H28ClFN4O6/c1-38-19-14-26(15-23(34)35,31(16-19)25(37)32(27)17-7-3-2-4-8-17)24(36)29-21-11-10-18(13-20(21)28)30-12-6-5-9-22(30)33/h2-4,7-8,10-11,13,19H,5-6,9,12,14-16H2,1H3,(H,29,36)(H,34,35). The zero-order chi connectivity index (χ0) is 27.4. The fraction of sp³-hybridized carbons (Fsp3) is 0.385. The molecule has 2 atom stereocenters. The van der Waals surface area contributed by atoms with Crippen LogP contribution in [0.15, 0.2) is 48.5 Å². The van der Waals surface area contributed by atoms with E-state index in [1.165, 1.54) is 24.1 Å². The Morgan fingerprint density at radius 3 is 2.58 bits per heavy atom. The summed E-state index contributed by atoms with van der Waals surface area (Å²) in [5.41, 5.74) is -1.45. The number of hydrogen-bond donors (Lipinski definition) is 2. The number of ether oxygens (including phenoxy) is 1. The quantitative estimate of drug-likeness (QED) is 0.507. The first-order chi connectivity index (χ1) is 18.2. The van der Waals surface area contributed by atoms with Crippen molar-refractivity contribution >= 4 is 52.7 Å². The van der Waals surface area contributed by atoms with Gasteiger partial charge in [-0.3, -0.25) is 14.4 Å². The number of nitrogens with zero attached hydrogens (tertiary/aromatic N) is 3. The van der Waals surface area contributed by atoms with Gasteiger partial charge in [-0.25, -0.2) is 13.6 Å². The number of nitrogens with one attached hydrogen (secondary N) is 1. The van der Waals surface area contributed by atoms with E-state index < -0.39 is 41.8 Å². The molecule has 4 amide bonds. The van der Waals surface area contributed by atoms with Gasteiger partial charge in [0.2, 0.25) is 5.91 Å². The van der Waals surface area contributed by atoms with Crippen molar-refractivity contribution in [2.75, 3.05) is 34.8 Å². The number of carboxylic acids is 1. The molecule has 0 aliphatic carbocycles. The highest BCUT2D eigenvalue weighted by Gasteiger charge is 2.56. The van der Waals surface area contributed by atoms with Crippen molar-refractivity contribution in [3.63, 3.8) is 0 Å². The van der Waals surface area contributed by atoms with E-state index in [1.807, 2.05) is 0 Å². The first-order valence-corrected chi connectivity index (χ1v) is 12.5. The van der Waals surface area contributed by atoms with Gasteiger partial charge >= 0.3 is 12.0 Å². The van der Waals surface area contributed by atoms with Crippen molar-refractivity contribution in [3.8, 4) is 0 Å². The van der Waals surface area contributed by atoms with Crippen molar-refractivity contribution in [3.05, 3.63) is 54.3 Å². The monoisotopic (exact) mass is 546 g/mol. The molecular weight excluding hydrogens is 519 g/mol. The third-order valence-corrected chi connectivity index (χ3v) is 7.23. The Hall–Kier alpha value is -3.70. The molecule has 2 aliphatic heterocycles. The summed E-state index contributed by atoms with van der Waals surface area (Å²) in [6, 6.07) is 11.4. The van der Waals surface area contributed by atoms with Gasteiger partial charge in [0.05, 0.1) is 23.9 Å². The zero-order valence-corrected chi connectivity index (χ0v) is 21.5. The van der Waals surface area contributed by atoms with Crippen molar-refractivity contribution in [1.29, 1.82) is 0 Å². The molecule has 2 aromatic carbocycles. The maximum Gasteiger partial charge on any atom is 0.340 e. The molecule has 2 saturated heterocycles.